The summed E-state index contributed by atoms with van der Waals surface area (Å²) < 4.78 is 29.6. The Labute approximate surface area is 155 Å². The predicted molar refractivity (Wildman–Crippen MR) is 99.5 cm³/mol. The van der Waals surface area contributed by atoms with Crippen molar-refractivity contribution in [3.8, 4) is 11.4 Å². The smallest absolute Gasteiger partial charge is 0.276 e. The molecule has 4 rings (SSSR count). The Balaban J connectivity index is 1.76. The van der Waals surface area contributed by atoms with Gasteiger partial charge in [0, 0.05) is 12.1 Å². The first-order valence-corrected chi connectivity index (χ1v) is 9.05. The van der Waals surface area contributed by atoms with Crippen molar-refractivity contribution >= 4 is 11.6 Å². The molecule has 0 radical (unpaired) electrons. The van der Waals surface area contributed by atoms with Crippen molar-refractivity contribution < 1.29 is 13.6 Å². The molecule has 6 heteroatoms. The molecule has 138 valence electrons. The number of carbonyl (C=O) groups is 1. The van der Waals surface area contributed by atoms with Crippen LogP contribution in [0.4, 0.5) is 14.5 Å². The minimum Gasteiger partial charge on any atom is -0.327 e. The Morgan fingerprint density at radius 2 is 1.89 bits per heavy atom. The molecule has 1 amide bonds. The summed E-state index contributed by atoms with van der Waals surface area (Å²) in [5, 5.41) is 2.61. The van der Waals surface area contributed by atoms with E-state index in [1.54, 1.807) is 24.3 Å². The molecule has 1 aliphatic heterocycles. The SMILES string of the molecule is O=C(Nc1ccccc1F)c1nc(-c2cccc(F)c2)n2c1CCCCC2. The number of carbonyl (C=O) groups excluding carboxylic acids is 1. The van der Waals surface area contributed by atoms with Gasteiger partial charge in [0.25, 0.3) is 5.91 Å². The van der Waals surface area contributed by atoms with Gasteiger partial charge >= 0.3 is 0 Å². The molecule has 0 atom stereocenters. The number of para-hydroxylation sites is 1. The standard InChI is InChI=1S/C21H19F2N3O/c22-15-8-6-7-14(13-15)20-25-19(18-11-2-1-5-12-26(18)20)21(27)24-17-10-4-3-9-16(17)23/h3-4,6-10,13H,1-2,5,11-12H2,(H,24,27). The number of hydrogen-bond donors (Lipinski definition) is 1. The van der Waals surface area contributed by atoms with Crippen molar-refractivity contribution in [3.63, 3.8) is 0 Å². The molecular weight excluding hydrogens is 348 g/mol. The molecule has 0 bridgehead atoms. The zero-order chi connectivity index (χ0) is 18.8. The highest BCUT2D eigenvalue weighted by molar-refractivity contribution is 6.04. The largest absolute Gasteiger partial charge is 0.327 e. The fraction of sp³-hybridized carbons (Fsp3) is 0.238. The first-order chi connectivity index (χ1) is 13.1. The fourth-order valence-corrected chi connectivity index (χ4v) is 3.49. The molecule has 0 spiro atoms. The second kappa shape index (κ2) is 7.31. The summed E-state index contributed by atoms with van der Waals surface area (Å²) in [4.78, 5) is 17.4. The molecule has 2 heterocycles. The van der Waals surface area contributed by atoms with Gasteiger partial charge in [-0.15, -0.1) is 0 Å². The van der Waals surface area contributed by atoms with E-state index in [1.165, 1.54) is 24.3 Å². The maximum absolute atomic E-state index is 13.9. The number of fused-ring (bicyclic) bond motifs is 1. The Hall–Kier alpha value is -3.02. The molecule has 0 aliphatic carbocycles. The first-order valence-electron chi connectivity index (χ1n) is 9.05. The Kier molecular flexibility index (Phi) is 4.71. The van der Waals surface area contributed by atoms with Crippen LogP contribution in [0.5, 0.6) is 0 Å². The van der Waals surface area contributed by atoms with Crippen LogP contribution in [0, 0.1) is 11.6 Å². The molecule has 0 fully saturated rings. The van der Waals surface area contributed by atoms with Gasteiger partial charge in [-0.25, -0.2) is 13.8 Å². The summed E-state index contributed by atoms with van der Waals surface area (Å²) in [6, 6.07) is 12.2. The Bertz CT molecular complexity index is 997. The molecule has 0 saturated heterocycles. The van der Waals surface area contributed by atoms with E-state index in [0.717, 1.165) is 31.5 Å². The summed E-state index contributed by atoms with van der Waals surface area (Å²) in [5.41, 5.74) is 1.84. The third-order valence-electron chi connectivity index (χ3n) is 4.79. The molecule has 1 aromatic heterocycles. The van der Waals surface area contributed by atoms with Gasteiger partial charge in [0.2, 0.25) is 0 Å². The van der Waals surface area contributed by atoms with Crippen LogP contribution in [0.2, 0.25) is 0 Å². The maximum atomic E-state index is 13.9. The molecule has 27 heavy (non-hydrogen) atoms. The van der Waals surface area contributed by atoms with E-state index in [-0.39, 0.29) is 17.2 Å². The van der Waals surface area contributed by atoms with Gasteiger partial charge < -0.3 is 9.88 Å². The molecule has 1 N–H and O–H groups in total. The molecule has 3 aromatic rings. The molecule has 0 unspecified atom stereocenters. The van der Waals surface area contributed by atoms with Crippen molar-refractivity contribution in [2.24, 2.45) is 0 Å². The predicted octanol–water partition coefficient (Wildman–Crippen LogP) is 4.81. The number of nitrogens with one attached hydrogen (secondary N) is 1. The topological polar surface area (TPSA) is 46.9 Å². The second-order valence-corrected chi connectivity index (χ2v) is 6.64. The highest BCUT2D eigenvalue weighted by Crippen LogP contribution is 2.28. The maximum Gasteiger partial charge on any atom is 0.276 e. The monoisotopic (exact) mass is 367 g/mol. The number of imidazole rings is 1. The number of nitrogens with zero attached hydrogens (tertiary/aromatic N) is 2. The van der Waals surface area contributed by atoms with E-state index in [0.29, 0.717) is 17.8 Å². The minimum atomic E-state index is -0.499. The lowest BCUT2D eigenvalue weighted by molar-refractivity contribution is 0.102. The van der Waals surface area contributed by atoms with Gasteiger partial charge in [-0.2, -0.15) is 0 Å². The summed E-state index contributed by atoms with van der Waals surface area (Å²) in [6.45, 7) is 0.723. The first kappa shape index (κ1) is 17.4. The number of aromatic nitrogens is 2. The number of halogens is 2. The van der Waals surface area contributed by atoms with Crippen LogP contribution in [-0.4, -0.2) is 15.5 Å². The molecule has 1 aliphatic rings. The van der Waals surface area contributed by atoms with Crippen molar-refractivity contribution in [3.05, 3.63) is 71.6 Å². The van der Waals surface area contributed by atoms with Crippen LogP contribution in [0.1, 0.15) is 35.4 Å². The second-order valence-electron chi connectivity index (χ2n) is 6.64. The van der Waals surface area contributed by atoms with Crippen LogP contribution in [-0.2, 0) is 13.0 Å². The van der Waals surface area contributed by atoms with Gasteiger partial charge in [0.1, 0.15) is 23.2 Å². The lowest BCUT2D eigenvalue weighted by Gasteiger charge is -2.09. The minimum absolute atomic E-state index is 0.116. The Morgan fingerprint density at radius 3 is 2.70 bits per heavy atom. The number of hydrogen-bond acceptors (Lipinski definition) is 2. The number of anilines is 1. The van der Waals surface area contributed by atoms with Crippen molar-refractivity contribution in [2.75, 3.05) is 5.32 Å². The summed E-state index contributed by atoms with van der Waals surface area (Å²) in [5.74, 6) is -0.726. The van der Waals surface area contributed by atoms with Gasteiger partial charge in [-0.1, -0.05) is 30.7 Å². The van der Waals surface area contributed by atoms with E-state index in [2.05, 4.69) is 10.3 Å². The number of benzene rings is 2. The van der Waals surface area contributed by atoms with Gasteiger partial charge in [0.05, 0.1) is 11.4 Å². The number of amides is 1. The average Bonchev–Trinajstić information content (AvgIpc) is 2.85. The number of rotatable bonds is 3. The highest BCUT2D eigenvalue weighted by atomic mass is 19.1. The molecular formula is C21H19F2N3O. The third-order valence-corrected chi connectivity index (χ3v) is 4.79. The highest BCUT2D eigenvalue weighted by Gasteiger charge is 2.25. The van der Waals surface area contributed by atoms with E-state index >= 15 is 0 Å². The van der Waals surface area contributed by atoms with Crippen molar-refractivity contribution in [1.82, 2.24) is 9.55 Å². The Morgan fingerprint density at radius 1 is 1.04 bits per heavy atom. The summed E-state index contributed by atoms with van der Waals surface area (Å²) >= 11 is 0. The summed E-state index contributed by atoms with van der Waals surface area (Å²) in [6.07, 6.45) is 3.69. The van der Waals surface area contributed by atoms with E-state index in [1.807, 2.05) is 4.57 Å². The lowest BCUT2D eigenvalue weighted by atomic mass is 10.1. The van der Waals surface area contributed by atoms with Crippen LogP contribution in [0.25, 0.3) is 11.4 Å². The quantitative estimate of drug-likeness (QED) is 0.722. The van der Waals surface area contributed by atoms with E-state index in [4.69, 9.17) is 0 Å². The van der Waals surface area contributed by atoms with Crippen molar-refractivity contribution in [1.29, 1.82) is 0 Å². The summed E-state index contributed by atoms with van der Waals surface area (Å²) in [7, 11) is 0. The average molecular weight is 367 g/mol. The third kappa shape index (κ3) is 3.47. The van der Waals surface area contributed by atoms with Gasteiger partial charge in [-0.3, -0.25) is 4.79 Å². The van der Waals surface area contributed by atoms with Crippen LogP contribution < -0.4 is 5.32 Å². The molecule has 2 aromatic carbocycles. The van der Waals surface area contributed by atoms with E-state index in [9.17, 15) is 13.6 Å². The lowest BCUT2D eigenvalue weighted by Crippen LogP contribution is -2.16. The molecule has 4 nitrogen and oxygen atoms in total. The normalized spacial score (nSPS) is 13.7. The van der Waals surface area contributed by atoms with Gasteiger partial charge in [-0.05, 0) is 43.5 Å². The van der Waals surface area contributed by atoms with Gasteiger partial charge in [0.15, 0.2) is 0 Å². The van der Waals surface area contributed by atoms with E-state index < -0.39 is 11.7 Å². The zero-order valence-electron chi connectivity index (χ0n) is 14.7. The van der Waals surface area contributed by atoms with Crippen LogP contribution in [0.15, 0.2) is 48.5 Å². The van der Waals surface area contributed by atoms with Crippen LogP contribution in [0.3, 0.4) is 0 Å². The van der Waals surface area contributed by atoms with Crippen LogP contribution >= 0.6 is 0 Å². The fourth-order valence-electron chi connectivity index (χ4n) is 3.49. The molecule has 0 saturated carbocycles. The zero-order valence-corrected chi connectivity index (χ0v) is 14.7. The van der Waals surface area contributed by atoms with Crippen molar-refractivity contribution in [2.45, 2.75) is 32.2 Å².